The summed E-state index contributed by atoms with van der Waals surface area (Å²) in [7, 11) is 0. The molecule has 1 unspecified atom stereocenters. The van der Waals surface area contributed by atoms with Gasteiger partial charge in [0.15, 0.2) is 0 Å². The van der Waals surface area contributed by atoms with Gasteiger partial charge in [-0.05, 0) is 12.0 Å². The van der Waals surface area contributed by atoms with Gasteiger partial charge >= 0.3 is 0 Å². The van der Waals surface area contributed by atoms with E-state index >= 15 is 0 Å². The molecule has 130 valence electrons. The number of anilines is 1. The second-order valence-electron chi connectivity index (χ2n) is 5.72. The van der Waals surface area contributed by atoms with E-state index in [1.165, 1.54) is 0 Å². The van der Waals surface area contributed by atoms with Crippen LogP contribution >= 0.6 is 15.9 Å². The first-order valence-electron chi connectivity index (χ1n) is 8.28. The Morgan fingerprint density at radius 1 is 1.12 bits per heavy atom. The van der Waals surface area contributed by atoms with Crippen molar-refractivity contribution in [3.63, 3.8) is 0 Å². The summed E-state index contributed by atoms with van der Waals surface area (Å²) in [6.07, 6.45) is 0.630. The van der Waals surface area contributed by atoms with Crippen molar-refractivity contribution in [1.82, 2.24) is 0 Å². The molecule has 0 fully saturated rings. The molecule has 0 aliphatic heterocycles. The van der Waals surface area contributed by atoms with Crippen LogP contribution in [0.4, 0.5) is 5.88 Å². The van der Waals surface area contributed by atoms with Crippen molar-refractivity contribution in [3.05, 3.63) is 66.2 Å². The van der Waals surface area contributed by atoms with E-state index in [0.717, 1.165) is 11.1 Å². The van der Waals surface area contributed by atoms with Gasteiger partial charge in [0.05, 0.1) is 4.83 Å². The number of nitrogens with one attached hydrogen (secondary N) is 1. The number of furan rings is 1. The molecule has 2 aromatic carbocycles. The first kappa shape index (κ1) is 18.0. The number of nitrogens with zero attached hydrogens (tertiary/aromatic N) is 1. The van der Waals surface area contributed by atoms with E-state index in [0.29, 0.717) is 23.3 Å². The maximum atomic E-state index is 12.3. The number of hydrogen-bond donors (Lipinski definition) is 1. The number of halogens is 1. The molecule has 0 spiro atoms. The lowest BCUT2D eigenvalue weighted by atomic mass is 9.98. The van der Waals surface area contributed by atoms with E-state index in [2.05, 4.69) is 27.3 Å². The number of nitriles is 1. The minimum absolute atomic E-state index is 0.174. The van der Waals surface area contributed by atoms with Crippen molar-refractivity contribution >= 4 is 27.7 Å². The number of benzene rings is 2. The Kier molecular flexibility index (Phi) is 5.55. The molecule has 5 heteroatoms. The molecule has 3 aromatic rings. The fourth-order valence-electron chi connectivity index (χ4n) is 2.67. The summed E-state index contributed by atoms with van der Waals surface area (Å²) in [6, 6.07) is 21.3. The molecule has 0 bridgehead atoms. The predicted octanol–water partition coefficient (Wildman–Crippen LogP) is 5.60. The summed E-state index contributed by atoms with van der Waals surface area (Å²) in [5.41, 5.74) is 2.70. The van der Waals surface area contributed by atoms with Gasteiger partial charge in [-0.15, -0.1) is 0 Å². The van der Waals surface area contributed by atoms with Crippen molar-refractivity contribution in [2.24, 2.45) is 0 Å². The largest absolute Gasteiger partial charge is 0.438 e. The topological polar surface area (TPSA) is 66.0 Å². The van der Waals surface area contributed by atoms with E-state index in [1.807, 2.05) is 67.6 Å². The molecule has 26 heavy (non-hydrogen) atoms. The monoisotopic (exact) mass is 408 g/mol. The van der Waals surface area contributed by atoms with Crippen LogP contribution in [0, 0.1) is 11.3 Å². The van der Waals surface area contributed by atoms with Crippen LogP contribution in [0.2, 0.25) is 0 Å². The molecule has 1 atom stereocenters. The van der Waals surface area contributed by atoms with E-state index in [1.54, 1.807) is 0 Å². The van der Waals surface area contributed by atoms with Crippen LogP contribution < -0.4 is 5.32 Å². The Labute approximate surface area is 160 Å². The zero-order valence-electron chi connectivity index (χ0n) is 14.2. The third-order valence-corrected chi connectivity index (χ3v) is 5.06. The fourth-order valence-corrected chi connectivity index (χ4v) is 2.79. The van der Waals surface area contributed by atoms with Crippen molar-refractivity contribution < 1.29 is 9.21 Å². The Morgan fingerprint density at radius 3 is 2.23 bits per heavy atom. The molecular weight excluding hydrogens is 392 g/mol. The first-order valence-corrected chi connectivity index (χ1v) is 9.20. The average molecular weight is 409 g/mol. The van der Waals surface area contributed by atoms with Crippen molar-refractivity contribution in [1.29, 1.82) is 5.26 Å². The van der Waals surface area contributed by atoms with Crippen LogP contribution in [-0.4, -0.2) is 10.7 Å². The highest BCUT2D eigenvalue weighted by molar-refractivity contribution is 9.10. The predicted molar refractivity (Wildman–Crippen MR) is 106 cm³/mol. The molecule has 1 aromatic heterocycles. The van der Waals surface area contributed by atoms with E-state index in [-0.39, 0.29) is 16.6 Å². The summed E-state index contributed by atoms with van der Waals surface area (Å²) < 4.78 is 5.97. The van der Waals surface area contributed by atoms with E-state index < -0.39 is 0 Å². The van der Waals surface area contributed by atoms with Gasteiger partial charge in [-0.2, -0.15) is 5.26 Å². The Morgan fingerprint density at radius 2 is 1.69 bits per heavy atom. The van der Waals surface area contributed by atoms with Gasteiger partial charge in [-0.25, -0.2) is 0 Å². The zero-order chi connectivity index (χ0) is 18.5. The Hall–Kier alpha value is -2.84. The summed E-state index contributed by atoms with van der Waals surface area (Å²) in [5, 5.41) is 12.5. The third-order valence-electron chi connectivity index (χ3n) is 4.00. The van der Waals surface area contributed by atoms with Crippen LogP contribution in [0.3, 0.4) is 0 Å². The third kappa shape index (κ3) is 3.56. The van der Waals surface area contributed by atoms with Crippen LogP contribution in [-0.2, 0) is 4.79 Å². The number of alkyl halides is 1. The van der Waals surface area contributed by atoms with Gasteiger partial charge < -0.3 is 4.42 Å². The van der Waals surface area contributed by atoms with Gasteiger partial charge in [-0.1, -0.05) is 83.5 Å². The molecule has 3 rings (SSSR count). The van der Waals surface area contributed by atoms with Crippen LogP contribution in [0.5, 0.6) is 0 Å². The molecule has 0 radical (unpaired) electrons. The van der Waals surface area contributed by atoms with Crippen molar-refractivity contribution in [2.45, 2.75) is 18.2 Å². The maximum absolute atomic E-state index is 12.3. The van der Waals surface area contributed by atoms with Gasteiger partial charge in [0.1, 0.15) is 17.4 Å². The summed E-state index contributed by atoms with van der Waals surface area (Å²) in [4.78, 5) is 11.9. The van der Waals surface area contributed by atoms with Gasteiger partial charge in [0.25, 0.3) is 0 Å². The lowest BCUT2D eigenvalue weighted by molar-refractivity contribution is -0.115. The smallest absolute Gasteiger partial charge is 0.240 e. The highest BCUT2D eigenvalue weighted by Gasteiger charge is 2.25. The summed E-state index contributed by atoms with van der Waals surface area (Å²) in [6.45, 7) is 1.90. The molecule has 0 aliphatic rings. The standard InChI is InChI=1S/C21H17BrN2O2/c1-2-17(22)20(25)24-21-16(13-23)18(14-9-5-3-6-10-14)19(26-21)15-11-7-4-8-12-15/h3-12,17H,2H2,1H3,(H,24,25). The SMILES string of the molecule is CCC(Br)C(=O)Nc1oc(-c2ccccc2)c(-c2ccccc2)c1C#N. The number of carbonyl (C=O) groups is 1. The number of amides is 1. The van der Waals surface area contributed by atoms with Gasteiger partial charge in [0, 0.05) is 11.1 Å². The first-order chi connectivity index (χ1) is 12.7. The van der Waals surface area contributed by atoms with Crippen molar-refractivity contribution in [2.75, 3.05) is 5.32 Å². The minimum Gasteiger partial charge on any atom is -0.438 e. The summed E-state index contributed by atoms with van der Waals surface area (Å²) in [5.74, 6) is 0.497. The molecule has 1 N–H and O–H groups in total. The van der Waals surface area contributed by atoms with Crippen LogP contribution in [0.25, 0.3) is 22.5 Å². The number of carbonyl (C=O) groups excluding carboxylic acids is 1. The van der Waals surface area contributed by atoms with Crippen molar-refractivity contribution in [3.8, 4) is 28.5 Å². The number of hydrogen-bond acceptors (Lipinski definition) is 3. The normalized spacial score (nSPS) is 11.6. The van der Waals surface area contributed by atoms with Crippen LogP contribution in [0.1, 0.15) is 18.9 Å². The second kappa shape index (κ2) is 8.03. The fraction of sp³-hybridized carbons (Fsp3) is 0.143. The highest BCUT2D eigenvalue weighted by Crippen LogP contribution is 2.41. The van der Waals surface area contributed by atoms with E-state index in [9.17, 15) is 10.1 Å². The molecule has 0 saturated heterocycles. The number of rotatable bonds is 5. The molecule has 0 saturated carbocycles. The molecule has 0 aliphatic carbocycles. The second-order valence-corrected chi connectivity index (χ2v) is 6.82. The molecule has 4 nitrogen and oxygen atoms in total. The minimum atomic E-state index is -0.348. The summed E-state index contributed by atoms with van der Waals surface area (Å²) >= 11 is 3.32. The molecule has 1 amide bonds. The Balaban J connectivity index is 2.18. The molecular formula is C21H17BrN2O2. The zero-order valence-corrected chi connectivity index (χ0v) is 15.8. The lowest BCUT2D eigenvalue weighted by Gasteiger charge is -2.06. The Bertz CT molecular complexity index is 943. The quantitative estimate of drug-likeness (QED) is 0.558. The van der Waals surface area contributed by atoms with Gasteiger partial charge in [-0.3, -0.25) is 10.1 Å². The van der Waals surface area contributed by atoms with Crippen LogP contribution in [0.15, 0.2) is 65.1 Å². The molecule has 1 heterocycles. The average Bonchev–Trinajstić information content (AvgIpc) is 3.06. The highest BCUT2D eigenvalue weighted by atomic mass is 79.9. The van der Waals surface area contributed by atoms with E-state index in [4.69, 9.17) is 4.42 Å². The lowest BCUT2D eigenvalue weighted by Crippen LogP contribution is -2.22. The van der Waals surface area contributed by atoms with Gasteiger partial charge in [0.2, 0.25) is 11.8 Å². The maximum Gasteiger partial charge on any atom is 0.240 e.